The van der Waals surface area contributed by atoms with Crippen LogP contribution in [0.25, 0.3) is 0 Å². The first-order valence-electron chi connectivity index (χ1n) is 5.74. The molecule has 0 bridgehead atoms. The monoisotopic (exact) mass is 293 g/mol. The molecule has 0 saturated heterocycles. The van der Waals surface area contributed by atoms with E-state index in [0.717, 1.165) is 6.07 Å². The zero-order valence-electron chi connectivity index (χ0n) is 10.8. The van der Waals surface area contributed by atoms with Crippen LogP contribution >= 0.6 is 0 Å². The van der Waals surface area contributed by atoms with E-state index in [0.29, 0.717) is 0 Å². The summed E-state index contributed by atoms with van der Waals surface area (Å²) in [4.78, 5) is 1.37. The fourth-order valence-corrected chi connectivity index (χ4v) is 1.58. The molecule has 0 unspecified atom stereocenters. The van der Waals surface area contributed by atoms with E-state index in [4.69, 9.17) is 10.9 Å². The Morgan fingerprint density at radius 3 is 2.55 bits per heavy atom. The van der Waals surface area contributed by atoms with E-state index >= 15 is 0 Å². The van der Waals surface area contributed by atoms with Crippen molar-refractivity contribution in [2.24, 2.45) is 10.9 Å². The zero-order chi connectivity index (χ0) is 15.3. The maximum atomic E-state index is 13.7. The third-order valence-electron chi connectivity index (χ3n) is 2.67. The van der Waals surface area contributed by atoms with Gasteiger partial charge in [-0.05, 0) is 13.1 Å². The number of nitrogens with zero attached hydrogens (tertiary/aromatic N) is 2. The third kappa shape index (κ3) is 5.04. The van der Waals surface area contributed by atoms with Gasteiger partial charge in [0.25, 0.3) is 0 Å². The molecule has 0 aromatic heterocycles. The fraction of sp³-hybridized carbons (Fsp3) is 0.417. The van der Waals surface area contributed by atoms with Crippen LogP contribution in [-0.2, 0) is 6.54 Å². The summed E-state index contributed by atoms with van der Waals surface area (Å²) in [6.07, 6.45) is -5.18. The molecule has 1 aromatic rings. The van der Waals surface area contributed by atoms with Crippen LogP contribution < -0.4 is 5.73 Å². The number of halogens is 4. The van der Waals surface area contributed by atoms with E-state index in [-0.39, 0.29) is 30.1 Å². The molecule has 4 nitrogen and oxygen atoms in total. The number of alkyl halides is 3. The van der Waals surface area contributed by atoms with Crippen molar-refractivity contribution in [3.05, 3.63) is 35.1 Å². The maximum absolute atomic E-state index is 13.7. The highest BCUT2D eigenvalue weighted by molar-refractivity contribution is 5.97. The molecule has 0 aliphatic rings. The minimum Gasteiger partial charge on any atom is -0.409 e. The molecular formula is C12H15F4N3O. The smallest absolute Gasteiger partial charge is 0.390 e. The molecule has 0 aliphatic heterocycles. The normalized spacial score (nSPS) is 13.0. The van der Waals surface area contributed by atoms with Crippen LogP contribution in [-0.4, -0.2) is 35.7 Å². The number of rotatable bonds is 5. The fourth-order valence-electron chi connectivity index (χ4n) is 1.58. The Balaban J connectivity index is 2.69. The van der Waals surface area contributed by atoms with Crippen molar-refractivity contribution in [2.45, 2.75) is 19.1 Å². The Morgan fingerprint density at radius 1 is 1.40 bits per heavy atom. The molecule has 0 fully saturated rings. The van der Waals surface area contributed by atoms with Gasteiger partial charge in [-0.2, -0.15) is 13.2 Å². The third-order valence-corrected chi connectivity index (χ3v) is 2.67. The van der Waals surface area contributed by atoms with E-state index in [1.165, 1.54) is 24.1 Å². The highest BCUT2D eigenvalue weighted by Gasteiger charge is 2.27. The van der Waals surface area contributed by atoms with Crippen LogP contribution in [0.1, 0.15) is 17.5 Å². The molecule has 1 rings (SSSR count). The SMILES string of the molecule is CN(CCC(F)(F)F)Cc1ccc(C(N)=NO)cc1F. The molecule has 0 spiro atoms. The van der Waals surface area contributed by atoms with Crippen molar-refractivity contribution >= 4 is 5.84 Å². The van der Waals surface area contributed by atoms with Gasteiger partial charge < -0.3 is 15.8 Å². The van der Waals surface area contributed by atoms with Crippen molar-refractivity contribution in [2.75, 3.05) is 13.6 Å². The van der Waals surface area contributed by atoms with Crippen molar-refractivity contribution in [3.63, 3.8) is 0 Å². The summed E-state index contributed by atoms with van der Waals surface area (Å²) in [7, 11) is 1.47. The maximum Gasteiger partial charge on any atom is 0.390 e. The number of benzene rings is 1. The lowest BCUT2D eigenvalue weighted by Gasteiger charge is -2.18. The Morgan fingerprint density at radius 2 is 2.05 bits per heavy atom. The molecule has 3 N–H and O–H groups in total. The molecule has 0 aliphatic carbocycles. The summed E-state index contributed by atoms with van der Waals surface area (Å²) in [6, 6.07) is 3.90. The average molecular weight is 293 g/mol. The van der Waals surface area contributed by atoms with Gasteiger partial charge in [0.1, 0.15) is 5.82 Å². The first-order chi connectivity index (χ1) is 9.23. The van der Waals surface area contributed by atoms with Gasteiger partial charge in [-0.25, -0.2) is 4.39 Å². The lowest BCUT2D eigenvalue weighted by Crippen LogP contribution is -2.24. The first-order valence-corrected chi connectivity index (χ1v) is 5.74. The quantitative estimate of drug-likeness (QED) is 0.288. The largest absolute Gasteiger partial charge is 0.409 e. The Labute approximate surface area is 113 Å². The van der Waals surface area contributed by atoms with Gasteiger partial charge in [0.15, 0.2) is 5.84 Å². The zero-order valence-corrected chi connectivity index (χ0v) is 10.8. The standard InChI is InChI=1S/C12H15F4N3O/c1-19(5-4-12(14,15)16)7-9-3-2-8(6-10(9)13)11(17)18-20/h2-3,6,20H,4-5,7H2,1H3,(H2,17,18). The van der Waals surface area contributed by atoms with E-state index in [9.17, 15) is 17.6 Å². The van der Waals surface area contributed by atoms with Gasteiger partial charge in [-0.1, -0.05) is 17.3 Å². The van der Waals surface area contributed by atoms with Gasteiger partial charge >= 0.3 is 6.18 Å². The first kappa shape index (κ1) is 16.2. The van der Waals surface area contributed by atoms with Gasteiger partial charge in [-0.15, -0.1) is 0 Å². The summed E-state index contributed by atoms with van der Waals surface area (Å²) in [5.41, 5.74) is 5.75. The van der Waals surface area contributed by atoms with Gasteiger partial charge in [0.05, 0.1) is 6.42 Å². The number of amidine groups is 1. The highest BCUT2D eigenvalue weighted by atomic mass is 19.4. The molecule has 0 heterocycles. The lowest BCUT2D eigenvalue weighted by atomic mass is 10.1. The van der Waals surface area contributed by atoms with E-state index in [2.05, 4.69) is 5.16 Å². The van der Waals surface area contributed by atoms with Gasteiger partial charge in [-0.3, -0.25) is 0 Å². The number of nitrogens with two attached hydrogens (primary N) is 1. The van der Waals surface area contributed by atoms with Crippen LogP contribution in [0.15, 0.2) is 23.4 Å². The van der Waals surface area contributed by atoms with Crippen molar-refractivity contribution in [3.8, 4) is 0 Å². The van der Waals surface area contributed by atoms with Crippen LogP contribution in [0.2, 0.25) is 0 Å². The molecule has 0 amide bonds. The predicted octanol–water partition coefficient (Wildman–Crippen LogP) is 2.30. The van der Waals surface area contributed by atoms with Crippen molar-refractivity contribution in [1.82, 2.24) is 4.90 Å². The van der Waals surface area contributed by atoms with E-state index in [1.54, 1.807) is 0 Å². The number of hydrogen-bond acceptors (Lipinski definition) is 3. The summed E-state index contributed by atoms with van der Waals surface area (Å²) in [5, 5.41) is 11.2. The number of hydrogen-bond donors (Lipinski definition) is 2. The minimum absolute atomic E-state index is 0.0400. The minimum atomic E-state index is -4.23. The summed E-state index contributed by atoms with van der Waals surface area (Å²) >= 11 is 0. The average Bonchev–Trinajstić information content (AvgIpc) is 2.37. The van der Waals surface area contributed by atoms with Crippen molar-refractivity contribution < 1.29 is 22.8 Å². The molecule has 20 heavy (non-hydrogen) atoms. The van der Waals surface area contributed by atoms with Crippen LogP contribution in [0, 0.1) is 5.82 Å². The molecular weight excluding hydrogens is 278 g/mol. The predicted molar refractivity (Wildman–Crippen MR) is 65.9 cm³/mol. The van der Waals surface area contributed by atoms with Crippen LogP contribution in [0.5, 0.6) is 0 Å². The van der Waals surface area contributed by atoms with Crippen LogP contribution in [0.3, 0.4) is 0 Å². The molecule has 0 atom stereocenters. The molecule has 0 saturated carbocycles. The molecule has 0 radical (unpaired) electrons. The van der Waals surface area contributed by atoms with Gasteiger partial charge in [0, 0.05) is 24.2 Å². The lowest BCUT2D eigenvalue weighted by molar-refractivity contribution is -0.137. The molecule has 112 valence electrons. The summed E-state index contributed by atoms with van der Waals surface area (Å²) in [6.45, 7) is -0.177. The molecule has 8 heteroatoms. The number of oxime groups is 1. The van der Waals surface area contributed by atoms with Crippen LogP contribution in [0.4, 0.5) is 17.6 Å². The Kier molecular flexibility index (Phi) is 5.32. The molecule has 1 aromatic carbocycles. The van der Waals surface area contributed by atoms with Gasteiger partial charge in [0.2, 0.25) is 0 Å². The highest BCUT2D eigenvalue weighted by Crippen LogP contribution is 2.20. The summed E-state index contributed by atoms with van der Waals surface area (Å²) < 4.78 is 49.9. The second-order valence-corrected chi connectivity index (χ2v) is 4.39. The van der Waals surface area contributed by atoms with E-state index in [1.807, 2.05) is 0 Å². The Bertz CT molecular complexity index is 488. The second-order valence-electron chi connectivity index (χ2n) is 4.39. The summed E-state index contributed by atoms with van der Waals surface area (Å²) in [5.74, 6) is -0.853. The van der Waals surface area contributed by atoms with E-state index < -0.39 is 18.4 Å². The topological polar surface area (TPSA) is 61.8 Å². The Hall–Kier alpha value is -1.83. The van der Waals surface area contributed by atoms with Crippen molar-refractivity contribution in [1.29, 1.82) is 0 Å². The second kappa shape index (κ2) is 6.56.